The molecule has 184 valence electrons. The number of aryl methyl sites for hydroxylation is 1. The maximum atomic E-state index is 11.3. The predicted octanol–water partition coefficient (Wildman–Crippen LogP) is 3.36. The van der Waals surface area contributed by atoms with E-state index in [1.54, 1.807) is 17.1 Å². The van der Waals surface area contributed by atoms with Gasteiger partial charge in [-0.25, -0.2) is 24.6 Å². The summed E-state index contributed by atoms with van der Waals surface area (Å²) in [5, 5.41) is 20.9. The second-order valence-electron chi connectivity index (χ2n) is 8.67. The van der Waals surface area contributed by atoms with Crippen LogP contribution in [-0.4, -0.2) is 52.1 Å². The number of carbonyl (C=O) groups is 1. The minimum absolute atomic E-state index is 0.178. The summed E-state index contributed by atoms with van der Waals surface area (Å²) in [6.45, 7) is 0.385. The number of hydrogen-bond acceptors (Lipinski definition) is 9. The van der Waals surface area contributed by atoms with E-state index in [1.807, 2.05) is 43.4 Å². The van der Waals surface area contributed by atoms with Crippen LogP contribution in [0.15, 0.2) is 55.0 Å². The fraction of sp³-hybridized carbons (Fsp3) is 0.320. The van der Waals surface area contributed by atoms with E-state index in [0.29, 0.717) is 42.6 Å². The predicted molar refractivity (Wildman–Crippen MR) is 131 cm³/mol. The highest BCUT2D eigenvalue weighted by Gasteiger charge is 2.28. The molecule has 0 radical (unpaired) electrons. The SMILES string of the molecule is Cn1nnc(-c2cnc(O[C@H]3CCC[C@H](C(=O)O)C3)cn2)c1CNc1nccc(-c2ccccc2)n1. The molecular formula is C25H26N8O3. The van der Waals surface area contributed by atoms with E-state index in [1.165, 1.54) is 6.20 Å². The molecule has 1 saturated carbocycles. The molecule has 1 aromatic carbocycles. The van der Waals surface area contributed by atoms with Gasteiger partial charge in [0.15, 0.2) is 0 Å². The molecule has 1 aliphatic carbocycles. The molecule has 3 aromatic heterocycles. The third-order valence-electron chi connectivity index (χ3n) is 6.22. The molecule has 0 spiro atoms. The van der Waals surface area contributed by atoms with Gasteiger partial charge in [0.1, 0.15) is 17.5 Å². The monoisotopic (exact) mass is 486 g/mol. The number of carboxylic acid groups (broad SMARTS) is 1. The average molecular weight is 487 g/mol. The molecule has 0 amide bonds. The second kappa shape index (κ2) is 10.5. The third kappa shape index (κ3) is 5.29. The lowest BCUT2D eigenvalue weighted by Crippen LogP contribution is -2.29. The molecule has 2 N–H and O–H groups in total. The molecule has 36 heavy (non-hydrogen) atoms. The Bertz CT molecular complexity index is 1330. The van der Waals surface area contributed by atoms with Gasteiger partial charge in [0.2, 0.25) is 11.8 Å². The number of aromatic nitrogens is 7. The van der Waals surface area contributed by atoms with E-state index in [2.05, 4.69) is 35.6 Å². The van der Waals surface area contributed by atoms with E-state index >= 15 is 0 Å². The zero-order valence-electron chi connectivity index (χ0n) is 19.8. The van der Waals surface area contributed by atoms with Gasteiger partial charge < -0.3 is 15.2 Å². The van der Waals surface area contributed by atoms with Gasteiger partial charge in [-0.2, -0.15) is 0 Å². The first kappa shape index (κ1) is 23.3. The Kier molecular flexibility index (Phi) is 6.78. The molecule has 5 rings (SSSR count). The molecule has 11 nitrogen and oxygen atoms in total. The summed E-state index contributed by atoms with van der Waals surface area (Å²) in [5.41, 5.74) is 3.77. The molecule has 4 aromatic rings. The van der Waals surface area contributed by atoms with Crippen LogP contribution >= 0.6 is 0 Å². The van der Waals surface area contributed by atoms with Crippen LogP contribution in [0.25, 0.3) is 22.6 Å². The molecule has 1 fully saturated rings. The van der Waals surface area contributed by atoms with E-state index in [-0.39, 0.29) is 12.0 Å². The molecule has 0 saturated heterocycles. The summed E-state index contributed by atoms with van der Waals surface area (Å²) in [6.07, 6.45) is 7.46. The summed E-state index contributed by atoms with van der Waals surface area (Å²) in [6, 6.07) is 11.8. The fourth-order valence-electron chi connectivity index (χ4n) is 4.30. The second-order valence-corrected chi connectivity index (χ2v) is 8.67. The fourth-order valence-corrected chi connectivity index (χ4v) is 4.30. The van der Waals surface area contributed by atoms with Crippen molar-refractivity contribution in [1.82, 2.24) is 34.9 Å². The lowest BCUT2D eigenvalue weighted by molar-refractivity contribution is -0.143. The van der Waals surface area contributed by atoms with Crippen LogP contribution in [0.3, 0.4) is 0 Å². The highest BCUT2D eigenvalue weighted by Crippen LogP contribution is 2.28. The van der Waals surface area contributed by atoms with E-state index < -0.39 is 5.97 Å². The van der Waals surface area contributed by atoms with Crippen LogP contribution in [-0.2, 0) is 18.4 Å². The zero-order valence-corrected chi connectivity index (χ0v) is 19.8. The number of ether oxygens (including phenoxy) is 1. The van der Waals surface area contributed by atoms with Crippen molar-refractivity contribution in [2.24, 2.45) is 13.0 Å². The van der Waals surface area contributed by atoms with Gasteiger partial charge in [-0.3, -0.25) is 4.79 Å². The van der Waals surface area contributed by atoms with Crippen LogP contribution in [0.2, 0.25) is 0 Å². The Morgan fingerprint density at radius 3 is 2.75 bits per heavy atom. The normalized spacial score (nSPS) is 17.5. The van der Waals surface area contributed by atoms with Crippen LogP contribution in [0.1, 0.15) is 31.4 Å². The quantitative estimate of drug-likeness (QED) is 0.381. The number of benzene rings is 1. The highest BCUT2D eigenvalue weighted by molar-refractivity contribution is 5.70. The summed E-state index contributed by atoms with van der Waals surface area (Å²) >= 11 is 0. The van der Waals surface area contributed by atoms with Gasteiger partial charge in [-0.15, -0.1) is 5.10 Å². The summed E-state index contributed by atoms with van der Waals surface area (Å²) < 4.78 is 7.58. The van der Waals surface area contributed by atoms with Crippen LogP contribution in [0.4, 0.5) is 5.95 Å². The van der Waals surface area contributed by atoms with E-state index in [9.17, 15) is 9.90 Å². The van der Waals surface area contributed by atoms with Crippen molar-refractivity contribution in [1.29, 1.82) is 0 Å². The smallest absolute Gasteiger partial charge is 0.306 e. The highest BCUT2D eigenvalue weighted by atomic mass is 16.5. The van der Waals surface area contributed by atoms with E-state index in [4.69, 9.17) is 4.74 Å². The molecule has 1 aliphatic rings. The van der Waals surface area contributed by atoms with Gasteiger partial charge in [0.05, 0.1) is 36.2 Å². The Morgan fingerprint density at radius 1 is 1.11 bits per heavy atom. The van der Waals surface area contributed by atoms with Gasteiger partial charge >= 0.3 is 5.97 Å². The Hall–Kier alpha value is -4.41. The zero-order chi connectivity index (χ0) is 24.9. The lowest BCUT2D eigenvalue weighted by atomic mass is 9.87. The van der Waals surface area contributed by atoms with Crippen molar-refractivity contribution in [3.8, 4) is 28.5 Å². The van der Waals surface area contributed by atoms with Gasteiger partial charge in [-0.1, -0.05) is 35.5 Å². The maximum Gasteiger partial charge on any atom is 0.306 e. The molecular weight excluding hydrogens is 460 g/mol. The number of nitrogens with one attached hydrogen (secondary N) is 1. The van der Waals surface area contributed by atoms with E-state index in [0.717, 1.165) is 29.8 Å². The first-order valence-corrected chi connectivity index (χ1v) is 11.8. The first-order valence-electron chi connectivity index (χ1n) is 11.8. The molecule has 3 heterocycles. The first-order chi connectivity index (χ1) is 17.6. The van der Waals surface area contributed by atoms with Crippen molar-refractivity contribution in [2.45, 2.75) is 38.3 Å². The summed E-state index contributed by atoms with van der Waals surface area (Å²) in [7, 11) is 1.81. The molecule has 11 heteroatoms. The van der Waals surface area contributed by atoms with Crippen molar-refractivity contribution in [3.05, 3.63) is 60.7 Å². The molecule has 0 bridgehead atoms. The van der Waals surface area contributed by atoms with Gasteiger partial charge in [0.25, 0.3) is 0 Å². The van der Waals surface area contributed by atoms with Gasteiger partial charge in [0, 0.05) is 18.8 Å². The number of carboxylic acids is 1. The number of hydrogen-bond donors (Lipinski definition) is 2. The molecule has 0 unspecified atom stereocenters. The lowest BCUT2D eigenvalue weighted by Gasteiger charge is -2.26. The topological polar surface area (TPSA) is 141 Å². The van der Waals surface area contributed by atoms with Crippen LogP contribution in [0.5, 0.6) is 5.88 Å². The standard InChI is InChI=1S/C25H26N8O3/c1-33-21(14-29-25-26-11-10-19(30-25)16-6-3-2-4-7-16)23(31-32-33)20-13-28-22(15-27-20)36-18-9-5-8-17(12-18)24(34)35/h2-4,6-7,10-11,13,15,17-18H,5,8-9,12,14H2,1H3,(H,34,35)(H,26,29,30)/t17-,18-/m0/s1. The Morgan fingerprint density at radius 2 is 1.97 bits per heavy atom. The number of anilines is 1. The largest absolute Gasteiger partial charge is 0.481 e. The molecule has 2 atom stereocenters. The van der Waals surface area contributed by atoms with Crippen molar-refractivity contribution in [3.63, 3.8) is 0 Å². The van der Waals surface area contributed by atoms with Crippen molar-refractivity contribution in [2.75, 3.05) is 5.32 Å². The number of aliphatic carboxylic acids is 1. The number of nitrogens with zero attached hydrogens (tertiary/aromatic N) is 7. The number of rotatable bonds is 8. The Labute approximate surface area is 207 Å². The minimum atomic E-state index is -0.772. The van der Waals surface area contributed by atoms with Crippen LogP contribution < -0.4 is 10.1 Å². The van der Waals surface area contributed by atoms with Crippen molar-refractivity contribution >= 4 is 11.9 Å². The average Bonchev–Trinajstić information content (AvgIpc) is 3.29. The third-order valence-corrected chi connectivity index (χ3v) is 6.22. The summed E-state index contributed by atoms with van der Waals surface area (Å²) in [5.74, 6) is -0.288. The van der Waals surface area contributed by atoms with Crippen LogP contribution in [0, 0.1) is 5.92 Å². The maximum absolute atomic E-state index is 11.3. The van der Waals surface area contributed by atoms with Gasteiger partial charge in [-0.05, 0) is 31.7 Å². The minimum Gasteiger partial charge on any atom is -0.481 e. The van der Waals surface area contributed by atoms with Crippen molar-refractivity contribution < 1.29 is 14.6 Å². The summed E-state index contributed by atoms with van der Waals surface area (Å²) in [4.78, 5) is 29.1. The molecule has 0 aliphatic heterocycles. The Balaban J connectivity index is 1.26.